The van der Waals surface area contributed by atoms with E-state index in [1.807, 2.05) is 197 Å². The van der Waals surface area contributed by atoms with E-state index in [1.54, 1.807) is 161 Å². The van der Waals surface area contributed by atoms with Gasteiger partial charge in [0.25, 0.3) is 33.4 Å². The predicted molar refractivity (Wildman–Crippen MR) is 528 cm³/mol. The van der Waals surface area contributed by atoms with Crippen LogP contribution >= 0.6 is 93.2 Å². The maximum absolute atomic E-state index is 12.2. The zero-order valence-electron chi connectivity index (χ0n) is 71.4. The van der Waals surface area contributed by atoms with Crippen LogP contribution in [0.25, 0.3) is 79.6 Å². The molecule has 22 aromatic rings. The van der Waals surface area contributed by atoms with E-state index in [0.29, 0.717) is 80.3 Å². The summed E-state index contributed by atoms with van der Waals surface area (Å²) >= 11 is 12.7. The molecule has 22 rings (SSSR count). The molecule has 0 saturated carbocycles. The normalized spacial score (nSPS) is 11.1. The van der Waals surface area contributed by atoms with Crippen molar-refractivity contribution in [1.29, 1.82) is 0 Å². The van der Waals surface area contributed by atoms with Crippen LogP contribution < -0.4 is 33.4 Å². The second kappa shape index (κ2) is 43.4. The topological polar surface area (TPSA) is 457 Å². The number of rotatable bonds is 24. The van der Waals surface area contributed by atoms with Gasteiger partial charge in [-0.3, -0.25) is 64.3 Å². The van der Waals surface area contributed by atoms with E-state index in [9.17, 15) is 28.8 Å². The van der Waals surface area contributed by atoms with Gasteiger partial charge < -0.3 is 19.9 Å². The third-order valence-corrected chi connectivity index (χ3v) is 27.3. The molecule has 672 valence electrons. The molecule has 10 N–H and O–H groups in total. The van der Waals surface area contributed by atoms with E-state index in [-0.39, 0.29) is 33.4 Å². The number of hydrogen-bond donors (Lipinski definition) is 10. The highest BCUT2D eigenvalue weighted by atomic mass is 32.2. The fourth-order valence-corrected chi connectivity index (χ4v) is 19.7. The summed E-state index contributed by atoms with van der Waals surface area (Å²) in [5.41, 5.74) is 14.0. The van der Waals surface area contributed by atoms with Crippen molar-refractivity contribution in [3.8, 4) is 35.4 Å². The van der Waals surface area contributed by atoms with Crippen molar-refractivity contribution in [2.24, 2.45) is 0 Å². The molecule has 0 spiro atoms. The Morgan fingerprint density at radius 3 is 1.03 bits per heavy atom. The number of thioether (sulfide) groups is 6. The molecule has 0 radical (unpaired) electrons. The van der Waals surface area contributed by atoms with Gasteiger partial charge in [-0.15, -0.1) is 46.2 Å². The number of para-hydroxylation sites is 8. The zero-order valence-corrected chi connectivity index (χ0v) is 78.0. The minimum atomic E-state index is -0.159. The SMILES string of the molecule is Cc1cc(C)nc(SCc2cc(=O)n(-c3ccccn3)[nH]2)n1.Cc1cnc(SCc2cc(=O)n(-c3nc4ccccc4[nH]3)[nH]2)s1.Cc1csc(SCc2cc(=O)n(-c3ccccn3)[nH]2)n1.O=c1cc(CSc2ccccc2)[nH]n1-c1nc2ccccc2[nH]1.O=c1cc(CSc2cccnc2)[nH]n1-c1nc2ccccc2[nH]1.O=c1cc(CSc2ncccn2)[nH]n1-c1nc2ccccc2[nH]1. The fourth-order valence-electron chi connectivity index (χ4n) is 13.0. The Balaban J connectivity index is 0.000000112. The molecule has 134 heavy (non-hydrogen) atoms. The van der Waals surface area contributed by atoms with E-state index in [0.717, 1.165) is 109 Å². The molecule has 5 aromatic carbocycles. The Kier molecular flexibility index (Phi) is 29.4. The van der Waals surface area contributed by atoms with Crippen molar-refractivity contribution < 1.29 is 0 Å². The minimum Gasteiger partial charge on any atom is -0.322 e. The monoisotopic (exact) mass is 1930 g/mol. The van der Waals surface area contributed by atoms with Crippen molar-refractivity contribution >= 4 is 137 Å². The first-order valence-electron chi connectivity index (χ1n) is 41.1. The van der Waals surface area contributed by atoms with E-state index >= 15 is 0 Å². The molecular weight excluding hydrogens is 1850 g/mol. The first-order valence-corrected chi connectivity index (χ1v) is 48.7. The molecule has 0 unspecified atom stereocenters. The van der Waals surface area contributed by atoms with Crippen molar-refractivity contribution in [3.05, 3.63) is 391 Å². The number of benzene rings is 5. The summed E-state index contributed by atoms with van der Waals surface area (Å²) in [5.74, 6) is 7.02. The van der Waals surface area contributed by atoms with E-state index < -0.39 is 0 Å². The smallest absolute Gasteiger partial charge is 0.274 e. The Bertz CT molecular complexity index is 7510. The van der Waals surface area contributed by atoms with Crippen LogP contribution in [0.2, 0.25) is 0 Å². The van der Waals surface area contributed by atoms with Gasteiger partial charge in [0.05, 0.1) is 44.1 Å². The number of H-pyrrole nitrogens is 10. The summed E-state index contributed by atoms with van der Waals surface area (Å²) in [6.45, 7) is 7.89. The third kappa shape index (κ3) is 23.8. The summed E-state index contributed by atoms with van der Waals surface area (Å²) in [7, 11) is 0. The summed E-state index contributed by atoms with van der Waals surface area (Å²) in [5, 5.41) is 21.9. The van der Waals surface area contributed by atoms with Gasteiger partial charge in [0.1, 0.15) is 8.68 Å². The Morgan fingerprint density at radius 2 is 0.649 bits per heavy atom. The third-order valence-electron chi connectivity index (χ3n) is 19.0. The lowest BCUT2D eigenvalue weighted by Crippen LogP contribution is -2.14. The van der Waals surface area contributed by atoms with Gasteiger partial charge in [0.15, 0.2) is 21.9 Å². The average Bonchev–Trinajstić information content (AvgIpc) is 1.66. The maximum atomic E-state index is 12.2. The minimum absolute atomic E-state index is 0.102. The standard InChI is InChI=1S/C17H14N4OS.C16H13N5OS.C15H12N6OS.C15H13N5OS2.C15H15N5OS.C13H12N4OS2/c22-16-10-12(11-23-13-6-2-1-3-7-13)20-21(16)17-18-14-8-4-5-9-15(14)19-17;22-15-8-11(10-23-12-4-3-7-17-9-12)20-21(15)16-18-13-5-1-2-6-14(13)19-16;22-13-8-10(9-23-15-16-6-3-7-17-15)20-21(13)14-18-11-4-1-2-5-12(11)19-14;1-9-7-16-15(23-9)22-8-10-6-13(21)20(19-10)14-17-11-4-2-3-5-12(11)18-14;1-10-7-11(2)18-15(17-10)22-9-12-8-14(21)20(19-12)13-5-3-4-6-16-13;1-9-7-19-13(15-9)20-8-10-6-12(18)17(16-10)11-4-2-3-5-14-11/h1-10,20H,11H2,(H,18,19);1-9,20H,10H2,(H,18,19);1-8,20H,9H2,(H,18,19);2-7,19H,8H2,1H3,(H,17,18);3-8,19H,9H2,1-2H3;2-7,16H,8H2,1H3. The number of aryl methyl sites for hydroxylation is 4. The number of nitrogens with zero attached hydrogens (tertiary/aromatic N) is 19. The summed E-state index contributed by atoms with van der Waals surface area (Å²) in [4.78, 5) is 145. The van der Waals surface area contributed by atoms with Crippen LogP contribution in [0.5, 0.6) is 0 Å². The number of hydrogen-bond acceptors (Lipinski definition) is 27. The van der Waals surface area contributed by atoms with Gasteiger partial charge in [-0.05, 0) is 137 Å². The summed E-state index contributed by atoms with van der Waals surface area (Å²) in [6.07, 6.45) is 12.1. The molecular formula is C91H79N29O6S8. The van der Waals surface area contributed by atoms with Crippen molar-refractivity contribution in [2.45, 2.75) is 91.0 Å². The molecule has 0 saturated heterocycles. The van der Waals surface area contributed by atoms with Gasteiger partial charge in [-0.25, -0.2) is 69.2 Å². The van der Waals surface area contributed by atoms with Gasteiger partial charge >= 0.3 is 0 Å². The molecule has 0 aliphatic rings. The Labute approximate surface area is 792 Å². The highest BCUT2D eigenvalue weighted by Gasteiger charge is 2.18. The van der Waals surface area contributed by atoms with Crippen LogP contribution in [0.1, 0.15) is 56.1 Å². The summed E-state index contributed by atoms with van der Waals surface area (Å²) < 4.78 is 10.6. The molecule has 17 aromatic heterocycles. The largest absolute Gasteiger partial charge is 0.322 e. The van der Waals surface area contributed by atoms with Crippen LogP contribution in [-0.2, 0) is 34.5 Å². The van der Waals surface area contributed by atoms with Crippen LogP contribution in [0.15, 0.2) is 331 Å². The van der Waals surface area contributed by atoms with Gasteiger partial charge in [0, 0.05) is 186 Å². The van der Waals surface area contributed by atoms with Gasteiger partial charge in [0.2, 0.25) is 23.8 Å². The van der Waals surface area contributed by atoms with Crippen molar-refractivity contribution in [2.75, 3.05) is 0 Å². The lowest BCUT2D eigenvalue weighted by atomic mass is 10.3. The number of aromatic nitrogens is 29. The number of thiazole rings is 2. The first kappa shape index (κ1) is 90.9. The molecule has 0 aliphatic heterocycles. The second-order valence-corrected chi connectivity index (χ2v) is 37.6. The second-order valence-electron chi connectivity index (χ2n) is 29.1. The molecule has 43 heteroatoms. The highest BCUT2D eigenvalue weighted by Crippen LogP contribution is 2.30. The molecule has 0 bridgehead atoms. The molecule has 35 nitrogen and oxygen atoms in total. The lowest BCUT2D eigenvalue weighted by Gasteiger charge is -2.02. The lowest BCUT2D eigenvalue weighted by molar-refractivity contribution is 0.789. The maximum Gasteiger partial charge on any atom is 0.274 e. The van der Waals surface area contributed by atoms with Crippen molar-refractivity contribution in [1.82, 2.24) is 143 Å². The number of pyridine rings is 3. The quantitative estimate of drug-likeness (QED) is 0.0198. The van der Waals surface area contributed by atoms with E-state index in [2.05, 4.69) is 127 Å². The van der Waals surface area contributed by atoms with Gasteiger partial charge in [-0.2, -0.15) is 18.7 Å². The molecule has 0 aliphatic carbocycles. The molecule has 0 atom stereocenters. The van der Waals surface area contributed by atoms with Crippen molar-refractivity contribution in [3.63, 3.8) is 0 Å². The molecule has 17 heterocycles. The van der Waals surface area contributed by atoms with Gasteiger partial charge in [-0.1, -0.05) is 126 Å². The van der Waals surface area contributed by atoms with E-state index in [4.69, 9.17) is 0 Å². The highest BCUT2D eigenvalue weighted by molar-refractivity contribution is 8.00. The Morgan fingerprint density at radius 1 is 0.291 bits per heavy atom. The fraction of sp³-hybridized carbons (Fsp3) is 0.110. The molecule has 0 fully saturated rings. The zero-order chi connectivity index (χ0) is 92.2. The molecule has 0 amide bonds. The number of aromatic amines is 10. The predicted octanol–water partition coefficient (Wildman–Crippen LogP) is 16.2. The van der Waals surface area contributed by atoms with Crippen LogP contribution in [0, 0.1) is 27.7 Å². The van der Waals surface area contributed by atoms with Crippen LogP contribution in [-0.4, -0.2) is 143 Å². The summed E-state index contributed by atoms with van der Waals surface area (Å²) in [6, 6.07) is 68.8. The van der Waals surface area contributed by atoms with E-state index in [1.165, 1.54) is 61.4 Å². The Hall–Kier alpha value is -15.0. The average molecular weight is 1930 g/mol. The number of nitrogens with one attached hydrogen (secondary N) is 10. The number of fused-ring (bicyclic) bond motifs is 4. The van der Waals surface area contributed by atoms with Crippen LogP contribution in [0.4, 0.5) is 0 Å². The number of imidazole rings is 4. The first-order chi connectivity index (χ1) is 65.4. The van der Waals surface area contributed by atoms with Crippen LogP contribution in [0.3, 0.4) is 0 Å².